The minimum absolute atomic E-state index is 0.0587. The van der Waals surface area contributed by atoms with Gasteiger partial charge in [0.15, 0.2) is 0 Å². The van der Waals surface area contributed by atoms with E-state index in [0.717, 1.165) is 17.7 Å². The standard InChI is InChI=1S/C24H21FN2O2S/c1-2-16-9-11-21(12-10-16)27-22(28)15-30-24(27)18-6-4-8-20(14-18)26-23(29)17-5-3-7-19(25)13-17/h3-14,24H,2,15H2,1H3,(H,26,29). The van der Waals surface area contributed by atoms with Crippen LogP contribution in [0.4, 0.5) is 15.8 Å². The third kappa shape index (κ3) is 4.24. The number of hydrogen-bond donors (Lipinski definition) is 1. The second-order valence-electron chi connectivity index (χ2n) is 7.04. The maximum atomic E-state index is 13.4. The Labute approximate surface area is 179 Å². The second kappa shape index (κ2) is 8.71. The number of carbonyl (C=O) groups excluding carboxylic acids is 2. The summed E-state index contributed by atoms with van der Waals surface area (Å²) in [7, 11) is 0. The number of amides is 2. The molecule has 1 aliphatic rings. The van der Waals surface area contributed by atoms with E-state index >= 15 is 0 Å². The Morgan fingerprint density at radius 3 is 2.60 bits per heavy atom. The van der Waals surface area contributed by atoms with Crippen molar-refractivity contribution < 1.29 is 14.0 Å². The van der Waals surface area contributed by atoms with Crippen LogP contribution in [-0.2, 0) is 11.2 Å². The van der Waals surface area contributed by atoms with Crippen LogP contribution < -0.4 is 10.2 Å². The molecule has 1 saturated heterocycles. The average Bonchev–Trinajstić information content (AvgIpc) is 3.15. The number of rotatable bonds is 5. The van der Waals surface area contributed by atoms with Crippen LogP contribution in [0.2, 0.25) is 0 Å². The second-order valence-corrected chi connectivity index (χ2v) is 8.11. The Morgan fingerprint density at radius 2 is 1.87 bits per heavy atom. The van der Waals surface area contributed by atoms with E-state index in [1.165, 1.54) is 23.8 Å². The predicted octanol–water partition coefficient (Wildman–Crippen LogP) is 5.42. The van der Waals surface area contributed by atoms with Gasteiger partial charge in [-0.15, -0.1) is 11.8 Å². The summed E-state index contributed by atoms with van der Waals surface area (Å²) in [6, 6.07) is 21.0. The van der Waals surface area contributed by atoms with Gasteiger partial charge in [-0.3, -0.25) is 14.5 Å². The number of thioether (sulfide) groups is 1. The van der Waals surface area contributed by atoms with Crippen LogP contribution in [0.1, 0.15) is 33.8 Å². The third-order valence-corrected chi connectivity index (χ3v) is 6.22. The Kier molecular flexibility index (Phi) is 5.86. The molecular formula is C24H21FN2O2S. The molecule has 0 bridgehead atoms. The molecule has 30 heavy (non-hydrogen) atoms. The van der Waals surface area contributed by atoms with E-state index in [1.54, 1.807) is 28.8 Å². The van der Waals surface area contributed by atoms with Crippen molar-refractivity contribution in [3.8, 4) is 0 Å². The van der Waals surface area contributed by atoms with E-state index in [0.29, 0.717) is 11.4 Å². The molecule has 3 aromatic carbocycles. The number of anilines is 2. The number of carbonyl (C=O) groups is 2. The maximum Gasteiger partial charge on any atom is 0.255 e. The fourth-order valence-electron chi connectivity index (χ4n) is 3.45. The quantitative estimate of drug-likeness (QED) is 0.600. The van der Waals surface area contributed by atoms with Gasteiger partial charge in [-0.1, -0.05) is 37.3 Å². The highest BCUT2D eigenvalue weighted by atomic mass is 32.2. The lowest BCUT2D eigenvalue weighted by atomic mass is 10.1. The molecular weight excluding hydrogens is 399 g/mol. The molecule has 6 heteroatoms. The summed E-state index contributed by atoms with van der Waals surface area (Å²) in [4.78, 5) is 26.8. The number of benzene rings is 3. The summed E-state index contributed by atoms with van der Waals surface area (Å²) in [6.45, 7) is 2.10. The van der Waals surface area contributed by atoms with Crippen molar-refractivity contribution in [3.05, 3.63) is 95.3 Å². The lowest BCUT2D eigenvalue weighted by Crippen LogP contribution is -2.27. The molecule has 1 N–H and O–H groups in total. The van der Waals surface area contributed by atoms with Crippen molar-refractivity contribution in [2.75, 3.05) is 16.0 Å². The molecule has 1 aliphatic heterocycles. The molecule has 0 radical (unpaired) electrons. The fourth-order valence-corrected chi connectivity index (χ4v) is 4.61. The van der Waals surface area contributed by atoms with Crippen LogP contribution >= 0.6 is 11.8 Å². The van der Waals surface area contributed by atoms with Crippen molar-refractivity contribution in [1.82, 2.24) is 0 Å². The Bertz CT molecular complexity index is 1080. The molecule has 2 amide bonds. The van der Waals surface area contributed by atoms with E-state index in [2.05, 4.69) is 12.2 Å². The van der Waals surface area contributed by atoms with Crippen molar-refractivity contribution in [1.29, 1.82) is 0 Å². The van der Waals surface area contributed by atoms with Crippen LogP contribution in [0.25, 0.3) is 0 Å². The lowest BCUT2D eigenvalue weighted by Gasteiger charge is -2.25. The highest BCUT2D eigenvalue weighted by molar-refractivity contribution is 8.00. The molecule has 0 saturated carbocycles. The van der Waals surface area contributed by atoms with Crippen LogP contribution in [0.3, 0.4) is 0 Å². The number of nitrogens with one attached hydrogen (secondary N) is 1. The zero-order valence-electron chi connectivity index (χ0n) is 16.5. The largest absolute Gasteiger partial charge is 0.322 e. The van der Waals surface area contributed by atoms with E-state index in [-0.39, 0.29) is 22.8 Å². The molecule has 0 aliphatic carbocycles. The van der Waals surface area contributed by atoms with Crippen molar-refractivity contribution >= 4 is 35.0 Å². The van der Waals surface area contributed by atoms with Crippen LogP contribution in [-0.4, -0.2) is 17.6 Å². The van der Waals surface area contributed by atoms with Gasteiger partial charge in [-0.2, -0.15) is 0 Å². The fraction of sp³-hybridized carbons (Fsp3) is 0.167. The number of hydrogen-bond acceptors (Lipinski definition) is 3. The zero-order chi connectivity index (χ0) is 21.1. The van der Waals surface area contributed by atoms with Gasteiger partial charge in [0.05, 0.1) is 5.75 Å². The third-order valence-electron chi connectivity index (χ3n) is 5.01. The minimum atomic E-state index is -0.456. The predicted molar refractivity (Wildman–Crippen MR) is 119 cm³/mol. The topological polar surface area (TPSA) is 49.4 Å². The molecule has 4 nitrogen and oxygen atoms in total. The number of halogens is 1. The van der Waals surface area contributed by atoms with Gasteiger partial charge in [-0.05, 0) is 60.0 Å². The van der Waals surface area contributed by atoms with Gasteiger partial charge in [0.1, 0.15) is 11.2 Å². The molecule has 1 atom stereocenters. The van der Waals surface area contributed by atoms with E-state index in [1.807, 2.05) is 42.5 Å². The molecule has 1 unspecified atom stereocenters. The summed E-state index contributed by atoms with van der Waals surface area (Å²) >= 11 is 1.56. The molecule has 0 spiro atoms. The van der Waals surface area contributed by atoms with Crippen LogP contribution in [0.15, 0.2) is 72.8 Å². The summed E-state index contributed by atoms with van der Waals surface area (Å²) in [5, 5.41) is 2.64. The molecule has 152 valence electrons. The SMILES string of the molecule is CCc1ccc(N2C(=O)CSC2c2cccc(NC(=O)c3cccc(F)c3)c2)cc1. The highest BCUT2D eigenvalue weighted by Crippen LogP contribution is 2.42. The Balaban J connectivity index is 1.57. The van der Waals surface area contributed by atoms with Crippen molar-refractivity contribution in [2.24, 2.45) is 0 Å². The van der Waals surface area contributed by atoms with Gasteiger partial charge in [0.25, 0.3) is 5.91 Å². The van der Waals surface area contributed by atoms with E-state index in [4.69, 9.17) is 0 Å². The normalized spacial score (nSPS) is 16.0. The van der Waals surface area contributed by atoms with Crippen molar-refractivity contribution in [3.63, 3.8) is 0 Å². The first kappa shape index (κ1) is 20.2. The minimum Gasteiger partial charge on any atom is -0.322 e. The first-order chi connectivity index (χ1) is 14.5. The molecule has 0 aromatic heterocycles. The highest BCUT2D eigenvalue weighted by Gasteiger charge is 2.34. The summed E-state index contributed by atoms with van der Waals surface area (Å²) in [5.74, 6) is -0.376. The first-order valence-corrected chi connectivity index (χ1v) is 10.8. The van der Waals surface area contributed by atoms with Gasteiger partial charge in [0.2, 0.25) is 5.91 Å². The van der Waals surface area contributed by atoms with Crippen LogP contribution in [0, 0.1) is 5.82 Å². The first-order valence-electron chi connectivity index (χ1n) is 9.74. The maximum absolute atomic E-state index is 13.4. The van der Waals surface area contributed by atoms with Crippen molar-refractivity contribution in [2.45, 2.75) is 18.7 Å². The average molecular weight is 421 g/mol. The van der Waals surface area contributed by atoms with Gasteiger partial charge < -0.3 is 5.32 Å². The van der Waals surface area contributed by atoms with Gasteiger partial charge >= 0.3 is 0 Å². The Hall–Kier alpha value is -3.12. The summed E-state index contributed by atoms with van der Waals surface area (Å²) in [5.41, 5.74) is 3.85. The Morgan fingerprint density at radius 1 is 1.10 bits per heavy atom. The lowest BCUT2D eigenvalue weighted by molar-refractivity contribution is -0.115. The molecule has 3 aromatic rings. The van der Waals surface area contributed by atoms with Crippen LogP contribution in [0.5, 0.6) is 0 Å². The van der Waals surface area contributed by atoms with Gasteiger partial charge in [0, 0.05) is 16.9 Å². The van der Waals surface area contributed by atoms with E-state index in [9.17, 15) is 14.0 Å². The molecule has 4 rings (SSSR count). The van der Waals surface area contributed by atoms with Gasteiger partial charge in [-0.25, -0.2) is 4.39 Å². The monoisotopic (exact) mass is 420 g/mol. The number of aryl methyl sites for hydroxylation is 1. The summed E-state index contributed by atoms with van der Waals surface area (Å²) < 4.78 is 13.4. The molecule has 1 fully saturated rings. The summed E-state index contributed by atoms with van der Waals surface area (Å²) in [6.07, 6.45) is 0.944. The van der Waals surface area contributed by atoms with E-state index < -0.39 is 5.82 Å². The zero-order valence-corrected chi connectivity index (χ0v) is 17.3. The molecule has 1 heterocycles. The smallest absolute Gasteiger partial charge is 0.255 e. The number of nitrogens with zero attached hydrogens (tertiary/aromatic N) is 1.